The monoisotopic (exact) mass is 185 g/mol. The molecule has 0 amide bonds. The van der Waals surface area contributed by atoms with Gasteiger partial charge in [-0.2, -0.15) is 13.2 Å². The number of rotatable bonds is 2. The molecule has 1 nitrogen and oxygen atoms in total. The first-order valence-electron chi connectivity index (χ1n) is 3.94. The topological polar surface area (TPSA) is 12.0 Å². The van der Waals surface area contributed by atoms with E-state index in [9.17, 15) is 17.6 Å². The van der Waals surface area contributed by atoms with E-state index in [0.29, 0.717) is 13.0 Å². The number of alkyl halides is 4. The van der Waals surface area contributed by atoms with Gasteiger partial charge in [-0.15, -0.1) is 0 Å². The first-order valence-corrected chi connectivity index (χ1v) is 3.94. The average Bonchev–Trinajstić information content (AvgIpc) is 2.37. The van der Waals surface area contributed by atoms with Gasteiger partial charge in [-0.3, -0.25) is 0 Å². The molecule has 1 saturated heterocycles. The lowest BCUT2D eigenvalue weighted by atomic mass is 10.1. The second-order valence-electron chi connectivity index (χ2n) is 3.04. The lowest BCUT2D eigenvalue weighted by molar-refractivity contribution is -0.183. The third-order valence-electron chi connectivity index (χ3n) is 2.01. The maximum atomic E-state index is 12.4. The molecule has 1 aliphatic heterocycles. The fraction of sp³-hybridized carbons (Fsp3) is 1.00. The molecule has 1 fully saturated rings. The van der Waals surface area contributed by atoms with E-state index >= 15 is 0 Å². The van der Waals surface area contributed by atoms with Crippen molar-refractivity contribution in [1.82, 2.24) is 5.32 Å². The van der Waals surface area contributed by atoms with Gasteiger partial charge in [0.2, 0.25) is 0 Å². The number of nitrogens with one attached hydrogen (secondary N) is 1. The molecule has 0 aromatic heterocycles. The van der Waals surface area contributed by atoms with Crippen LogP contribution in [0.2, 0.25) is 0 Å². The van der Waals surface area contributed by atoms with Crippen molar-refractivity contribution in [1.29, 1.82) is 0 Å². The van der Waals surface area contributed by atoms with E-state index in [-0.39, 0.29) is 6.04 Å². The van der Waals surface area contributed by atoms with Crippen molar-refractivity contribution in [2.75, 3.05) is 6.54 Å². The molecule has 0 spiro atoms. The van der Waals surface area contributed by atoms with E-state index < -0.39 is 18.8 Å². The molecular formula is C7H11F4N. The zero-order valence-corrected chi connectivity index (χ0v) is 6.49. The molecule has 0 aliphatic carbocycles. The largest absolute Gasteiger partial charge is 0.419 e. The molecule has 1 heterocycles. The molecule has 0 radical (unpaired) electrons. The van der Waals surface area contributed by atoms with Crippen LogP contribution in [0.15, 0.2) is 0 Å². The Morgan fingerprint density at radius 1 is 1.42 bits per heavy atom. The molecule has 0 aromatic carbocycles. The predicted molar refractivity (Wildman–Crippen MR) is 36.6 cm³/mol. The zero-order chi connectivity index (χ0) is 9.19. The lowest BCUT2D eigenvalue weighted by Crippen LogP contribution is -2.32. The van der Waals surface area contributed by atoms with Gasteiger partial charge in [-0.05, 0) is 19.4 Å². The van der Waals surface area contributed by atoms with Crippen molar-refractivity contribution in [3.8, 4) is 0 Å². The summed E-state index contributed by atoms with van der Waals surface area (Å²) in [6.07, 6.45) is -6.31. The summed E-state index contributed by atoms with van der Waals surface area (Å²) in [5, 5.41) is 2.82. The Hall–Kier alpha value is -0.320. The van der Waals surface area contributed by atoms with E-state index in [1.807, 2.05) is 0 Å². The highest BCUT2D eigenvalue weighted by molar-refractivity contribution is 4.79. The maximum absolute atomic E-state index is 12.4. The van der Waals surface area contributed by atoms with Gasteiger partial charge >= 0.3 is 6.18 Å². The van der Waals surface area contributed by atoms with Gasteiger partial charge < -0.3 is 5.32 Å². The van der Waals surface area contributed by atoms with Crippen LogP contribution in [0.25, 0.3) is 0 Å². The third kappa shape index (κ3) is 2.62. The van der Waals surface area contributed by atoms with Crippen molar-refractivity contribution >= 4 is 0 Å². The molecule has 12 heavy (non-hydrogen) atoms. The van der Waals surface area contributed by atoms with Crippen LogP contribution in [0.4, 0.5) is 17.6 Å². The van der Waals surface area contributed by atoms with Gasteiger partial charge in [0.15, 0.2) is 6.17 Å². The Balaban J connectivity index is 2.30. The van der Waals surface area contributed by atoms with Crippen molar-refractivity contribution in [2.24, 2.45) is 0 Å². The molecule has 2 atom stereocenters. The molecule has 1 aliphatic rings. The highest BCUT2D eigenvalue weighted by atomic mass is 19.4. The van der Waals surface area contributed by atoms with Gasteiger partial charge in [-0.1, -0.05) is 0 Å². The number of halogens is 4. The fourth-order valence-corrected chi connectivity index (χ4v) is 1.34. The number of hydrogen-bond acceptors (Lipinski definition) is 1. The van der Waals surface area contributed by atoms with Crippen molar-refractivity contribution in [3.63, 3.8) is 0 Å². The summed E-state index contributed by atoms with van der Waals surface area (Å²) in [5.41, 5.74) is 0. The van der Waals surface area contributed by atoms with E-state index in [1.165, 1.54) is 0 Å². The van der Waals surface area contributed by atoms with E-state index in [0.717, 1.165) is 6.42 Å². The summed E-state index contributed by atoms with van der Waals surface area (Å²) in [5.74, 6) is 0. The van der Waals surface area contributed by atoms with Gasteiger partial charge in [0, 0.05) is 12.5 Å². The smallest absolute Gasteiger partial charge is 0.314 e. The summed E-state index contributed by atoms with van der Waals surface area (Å²) in [4.78, 5) is 0. The molecule has 72 valence electrons. The highest BCUT2D eigenvalue weighted by Crippen LogP contribution is 2.27. The fourth-order valence-electron chi connectivity index (χ4n) is 1.34. The van der Waals surface area contributed by atoms with Crippen LogP contribution < -0.4 is 5.32 Å². The van der Waals surface area contributed by atoms with Gasteiger partial charge in [0.05, 0.1) is 0 Å². The standard InChI is InChI=1S/C7H11F4N/c8-6(7(9,10)11)4-5-2-1-3-12-5/h5-6,12H,1-4H2. The normalized spacial score (nSPS) is 27.5. The van der Waals surface area contributed by atoms with Crippen LogP contribution in [0, 0.1) is 0 Å². The van der Waals surface area contributed by atoms with Gasteiger partial charge in [0.1, 0.15) is 0 Å². The van der Waals surface area contributed by atoms with Crippen molar-refractivity contribution in [3.05, 3.63) is 0 Å². The summed E-state index contributed by atoms with van der Waals surface area (Å²) in [6.45, 7) is 0.704. The molecule has 0 aromatic rings. The van der Waals surface area contributed by atoms with E-state index in [1.54, 1.807) is 0 Å². The Bertz CT molecular complexity index is 139. The average molecular weight is 185 g/mol. The maximum Gasteiger partial charge on any atom is 0.419 e. The summed E-state index contributed by atoms with van der Waals surface area (Å²) in [6, 6.07) is -0.290. The van der Waals surface area contributed by atoms with Crippen LogP contribution in [-0.2, 0) is 0 Å². The molecule has 0 saturated carbocycles. The minimum absolute atomic E-state index is 0.290. The first kappa shape index (κ1) is 9.77. The van der Waals surface area contributed by atoms with Gasteiger partial charge in [-0.25, -0.2) is 4.39 Å². The summed E-state index contributed by atoms with van der Waals surface area (Å²) in [7, 11) is 0. The van der Waals surface area contributed by atoms with Crippen LogP contribution in [0.5, 0.6) is 0 Å². The Morgan fingerprint density at radius 3 is 2.50 bits per heavy atom. The molecule has 1 rings (SSSR count). The Labute approximate surface area is 68.1 Å². The predicted octanol–water partition coefficient (Wildman–Crippen LogP) is 2.03. The SMILES string of the molecule is FC(CC1CCCN1)C(F)(F)F. The van der Waals surface area contributed by atoms with E-state index in [4.69, 9.17) is 0 Å². The quantitative estimate of drug-likeness (QED) is 0.649. The third-order valence-corrected chi connectivity index (χ3v) is 2.01. The van der Waals surface area contributed by atoms with Crippen molar-refractivity contribution < 1.29 is 17.6 Å². The highest BCUT2D eigenvalue weighted by Gasteiger charge is 2.41. The Morgan fingerprint density at radius 2 is 2.08 bits per heavy atom. The minimum atomic E-state index is -4.69. The van der Waals surface area contributed by atoms with Gasteiger partial charge in [0.25, 0.3) is 0 Å². The minimum Gasteiger partial charge on any atom is -0.314 e. The number of hydrogen-bond donors (Lipinski definition) is 1. The lowest BCUT2D eigenvalue weighted by Gasteiger charge is -2.16. The second-order valence-corrected chi connectivity index (χ2v) is 3.04. The van der Waals surface area contributed by atoms with Crippen LogP contribution >= 0.6 is 0 Å². The van der Waals surface area contributed by atoms with Crippen LogP contribution in [0.1, 0.15) is 19.3 Å². The molecular weight excluding hydrogens is 174 g/mol. The van der Waals surface area contributed by atoms with Crippen LogP contribution in [0.3, 0.4) is 0 Å². The first-order chi connectivity index (χ1) is 5.50. The molecule has 1 N–H and O–H groups in total. The van der Waals surface area contributed by atoms with E-state index in [2.05, 4.69) is 5.32 Å². The summed E-state index contributed by atoms with van der Waals surface area (Å²) >= 11 is 0. The Kier molecular flexibility index (Phi) is 2.93. The summed E-state index contributed by atoms with van der Waals surface area (Å²) < 4.78 is 47.5. The van der Waals surface area contributed by atoms with Crippen LogP contribution in [-0.4, -0.2) is 24.9 Å². The molecule has 5 heteroatoms. The zero-order valence-electron chi connectivity index (χ0n) is 6.49. The second kappa shape index (κ2) is 3.60. The van der Waals surface area contributed by atoms with Crippen molar-refractivity contribution in [2.45, 2.75) is 37.7 Å². The molecule has 2 unspecified atom stereocenters. The molecule has 0 bridgehead atoms.